The Labute approximate surface area is 166 Å². The molecule has 2 aromatic heterocycles. The minimum absolute atomic E-state index is 0.00890. The Morgan fingerprint density at radius 1 is 1.22 bits per heavy atom. The number of benzene rings is 1. The Balaban J connectivity index is 1.47. The van der Waals surface area contributed by atoms with E-state index < -0.39 is 0 Å². The molecule has 0 fully saturated rings. The Morgan fingerprint density at radius 3 is 2.81 bits per heavy atom. The van der Waals surface area contributed by atoms with Crippen LogP contribution in [0, 0.1) is 0 Å². The molecular weight excluding hydrogens is 380 g/mol. The molecule has 0 bridgehead atoms. The average molecular weight is 403 g/mol. The average Bonchev–Trinajstić information content (AvgIpc) is 3.27. The van der Waals surface area contributed by atoms with Crippen molar-refractivity contribution in [2.24, 2.45) is 0 Å². The summed E-state index contributed by atoms with van der Waals surface area (Å²) in [5.74, 6) is 0.544. The maximum absolute atomic E-state index is 12.1. The summed E-state index contributed by atoms with van der Waals surface area (Å²) in [5, 5.41) is 7.38. The summed E-state index contributed by atoms with van der Waals surface area (Å²) in [7, 11) is 4.03. The molecular formula is C19H22N4O2S2. The normalized spacial score (nSPS) is 10.9. The third kappa shape index (κ3) is 5.78. The second-order valence-electron chi connectivity index (χ2n) is 6.34. The summed E-state index contributed by atoms with van der Waals surface area (Å²) in [4.78, 5) is 19.5. The zero-order valence-electron chi connectivity index (χ0n) is 15.3. The third-order valence-corrected chi connectivity index (χ3v) is 5.36. The lowest BCUT2D eigenvalue weighted by Crippen LogP contribution is -2.28. The summed E-state index contributed by atoms with van der Waals surface area (Å²) < 4.78 is 5.61. The van der Waals surface area contributed by atoms with Crippen molar-refractivity contribution in [1.29, 1.82) is 0 Å². The molecule has 0 aliphatic heterocycles. The first kappa shape index (κ1) is 19.3. The van der Waals surface area contributed by atoms with Crippen molar-refractivity contribution in [3.63, 3.8) is 0 Å². The van der Waals surface area contributed by atoms with Crippen LogP contribution >= 0.6 is 22.7 Å². The van der Waals surface area contributed by atoms with Crippen molar-refractivity contribution in [3.8, 4) is 16.3 Å². The van der Waals surface area contributed by atoms with Gasteiger partial charge in [-0.2, -0.15) is 0 Å². The van der Waals surface area contributed by atoms with Crippen molar-refractivity contribution >= 4 is 33.7 Å². The highest BCUT2D eigenvalue weighted by atomic mass is 32.1. The number of rotatable bonds is 8. The maximum Gasteiger partial charge on any atom is 0.258 e. The number of nitrogen functional groups attached to an aromatic ring is 1. The van der Waals surface area contributed by atoms with Gasteiger partial charge >= 0.3 is 0 Å². The van der Waals surface area contributed by atoms with E-state index in [1.54, 1.807) is 11.3 Å². The molecule has 0 saturated carbocycles. The number of carbonyl (C=O) groups excluding carboxylic acids is 1. The van der Waals surface area contributed by atoms with E-state index >= 15 is 0 Å². The van der Waals surface area contributed by atoms with Gasteiger partial charge in [0.15, 0.2) is 11.7 Å². The van der Waals surface area contributed by atoms with Crippen molar-refractivity contribution in [1.82, 2.24) is 15.2 Å². The minimum Gasteiger partial charge on any atom is -0.484 e. The van der Waals surface area contributed by atoms with Crippen LogP contribution in [0.25, 0.3) is 10.6 Å². The fraction of sp³-hybridized carbons (Fsp3) is 0.263. The van der Waals surface area contributed by atoms with Crippen LogP contribution in [-0.4, -0.2) is 36.5 Å². The van der Waals surface area contributed by atoms with Gasteiger partial charge in [-0.05, 0) is 48.8 Å². The van der Waals surface area contributed by atoms with E-state index in [0.29, 0.717) is 17.4 Å². The van der Waals surface area contributed by atoms with Gasteiger partial charge < -0.3 is 20.7 Å². The van der Waals surface area contributed by atoms with Gasteiger partial charge in [0.1, 0.15) is 5.75 Å². The van der Waals surface area contributed by atoms with Gasteiger partial charge in [-0.25, -0.2) is 4.98 Å². The van der Waals surface area contributed by atoms with Crippen LogP contribution < -0.4 is 15.8 Å². The molecule has 0 atom stereocenters. The molecule has 2 heterocycles. The number of ether oxygens (including phenoxy) is 1. The SMILES string of the molecule is CN(C)Cc1cccc(OCC(=O)NCc2csc(-c3csc(N)n3)c2)c1. The molecule has 0 aliphatic rings. The van der Waals surface area contributed by atoms with E-state index in [1.807, 2.05) is 55.2 Å². The smallest absolute Gasteiger partial charge is 0.258 e. The van der Waals surface area contributed by atoms with Crippen molar-refractivity contribution in [2.45, 2.75) is 13.1 Å². The van der Waals surface area contributed by atoms with Gasteiger partial charge in [-0.1, -0.05) is 12.1 Å². The topological polar surface area (TPSA) is 80.5 Å². The quantitative estimate of drug-likeness (QED) is 0.605. The highest BCUT2D eigenvalue weighted by Gasteiger charge is 2.08. The first-order valence-corrected chi connectivity index (χ1v) is 10.2. The summed E-state index contributed by atoms with van der Waals surface area (Å²) >= 11 is 3.01. The molecule has 0 saturated heterocycles. The number of hydrogen-bond acceptors (Lipinski definition) is 7. The predicted octanol–water partition coefficient (Wildman–Crippen LogP) is 3.21. The number of hydrogen-bond donors (Lipinski definition) is 2. The molecule has 3 rings (SSSR count). The fourth-order valence-corrected chi connectivity index (χ4v) is 4.01. The van der Waals surface area contributed by atoms with Gasteiger partial charge in [-0.3, -0.25) is 4.79 Å². The standard InChI is InChI=1S/C19H22N4O2S2/c1-23(2)9-13-4-3-5-15(6-13)25-10-18(24)21-8-14-7-17(26-11-14)16-12-27-19(20)22-16/h3-7,11-12H,8-10H2,1-2H3,(H2,20,22)(H,21,24). The Hall–Kier alpha value is -2.42. The molecule has 0 aliphatic carbocycles. The molecule has 0 radical (unpaired) electrons. The molecule has 1 aromatic carbocycles. The predicted molar refractivity (Wildman–Crippen MR) is 111 cm³/mol. The van der Waals surface area contributed by atoms with Crippen molar-refractivity contribution in [3.05, 3.63) is 52.2 Å². The first-order valence-electron chi connectivity index (χ1n) is 8.41. The van der Waals surface area contributed by atoms with E-state index in [2.05, 4.69) is 15.2 Å². The third-order valence-electron chi connectivity index (χ3n) is 3.69. The summed E-state index contributed by atoms with van der Waals surface area (Å²) in [6.07, 6.45) is 0. The number of aromatic nitrogens is 1. The zero-order chi connectivity index (χ0) is 19.2. The lowest BCUT2D eigenvalue weighted by atomic mass is 10.2. The number of thiophene rings is 1. The molecule has 8 heteroatoms. The molecule has 27 heavy (non-hydrogen) atoms. The Kier molecular flexibility index (Phi) is 6.44. The molecule has 1 amide bonds. The van der Waals surface area contributed by atoms with Crippen LogP contribution in [-0.2, 0) is 17.9 Å². The van der Waals surface area contributed by atoms with Gasteiger partial charge in [0.2, 0.25) is 0 Å². The Bertz CT molecular complexity index is 905. The maximum atomic E-state index is 12.1. The molecule has 142 valence electrons. The van der Waals surface area contributed by atoms with Gasteiger partial charge in [0.25, 0.3) is 5.91 Å². The van der Waals surface area contributed by atoms with Gasteiger partial charge in [0.05, 0.1) is 10.6 Å². The molecule has 3 N–H and O–H groups in total. The van der Waals surface area contributed by atoms with Crippen LogP contribution in [0.2, 0.25) is 0 Å². The highest BCUT2D eigenvalue weighted by molar-refractivity contribution is 7.15. The van der Waals surface area contributed by atoms with Crippen LogP contribution in [0.5, 0.6) is 5.75 Å². The van der Waals surface area contributed by atoms with Gasteiger partial charge in [-0.15, -0.1) is 22.7 Å². The summed E-state index contributed by atoms with van der Waals surface area (Å²) in [6.45, 7) is 1.28. The molecule has 0 unspecified atom stereocenters. The summed E-state index contributed by atoms with van der Waals surface area (Å²) in [6, 6.07) is 9.81. The van der Waals surface area contributed by atoms with E-state index in [4.69, 9.17) is 10.5 Å². The monoisotopic (exact) mass is 402 g/mol. The van der Waals surface area contributed by atoms with E-state index in [9.17, 15) is 4.79 Å². The first-order chi connectivity index (χ1) is 13.0. The molecule has 0 spiro atoms. The second-order valence-corrected chi connectivity index (χ2v) is 8.14. The molecule has 3 aromatic rings. The fourth-order valence-electron chi connectivity index (χ4n) is 2.50. The number of anilines is 1. The number of carbonyl (C=O) groups is 1. The second kappa shape index (κ2) is 8.98. The van der Waals surface area contributed by atoms with Crippen LogP contribution in [0.4, 0.5) is 5.13 Å². The van der Waals surface area contributed by atoms with Crippen molar-refractivity contribution < 1.29 is 9.53 Å². The number of nitrogens with two attached hydrogens (primary N) is 1. The summed E-state index contributed by atoms with van der Waals surface area (Å²) in [5.41, 5.74) is 8.73. The number of amides is 1. The Morgan fingerprint density at radius 2 is 2.07 bits per heavy atom. The number of nitrogens with one attached hydrogen (secondary N) is 1. The highest BCUT2D eigenvalue weighted by Crippen LogP contribution is 2.29. The number of nitrogens with zero attached hydrogens (tertiary/aromatic N) is 2. The zero-order valence-corrected chi connectivity index (χ0v) is 16.9. The van der Waals surface area contributed by atoms with Crippen molar-refractivity contribution in [2.75, 3.05) is 26.4 Å². The van der Waals surface area contributed by atoms with E-state index in [-0.39, 0.29) is 12.5 Å². The van der Waals surface area contributed by atoms with Crippen LogP contribution in [0.1, 0.15) is 11.1 Å². The lowest BCUT2D eigenvalue weighted by molar-refractivity contribution is -0.123. The largest absolute Gasteiger partial charge is 0.484 e. The van der Waals surface area contributed by atoms with Gasteiger partial charge in [0, 0.05) is 18.5 Å². The lowest BCUT2D eigenvalue weighted by Gasteiger charge is -2.11. The molecule has 6 nitrogen and oxygen atoms in total. The number of thiazole rings is 1. The van der Waals surface area contributed by atoms with E-state index in [0.717, 1.165) is 28.2 Å². The van der Waals surface area contributed by atoms with E-state index in [1.165, 1.54) is 11.3 Å². The van der Waals surface area contributed by atoms with Crippen LogP contribution in [0.15, 0.2) is 41.1 Å². The minimum atomic E-state index is -0.154. The van der Waals surface area contributed by atoms with Crippen LogP contribution in [0.3, 0.4) is 0 Å².